The minimum atomic E-state index is -4.59. The molecule has 3 aromatic rings. The number of alkyl halides is 3. The molecule has 2 aromatic carbocycles. The van der Waals surface area contributed by atoms with Gasteiger partial charge in [-0.1, -0.05) is 12.1 Å². The molecule has 0 aliphatic carbocycles. The zero-order valence-corrected chi connectivity index (χ0v) is 18.8. The number of anilines is 1. The highest BCUT2D eigenvalue weighted by Crippen LogP contribution is 2.40. The highest BCUT2D eigenvalue weighted by molar-refractivity contribution is 7.92. The number of benzene rings is 2. The van der Waals surface area contributed by atoms with Crippen LogP contribution in [0.4, 0.5) is 18.9 Å². The predicted octanol–water partition coefficient (Wildman–Crippen LogP) is 5.14. The van der Waals surface area contributed by atoms with Crippen LogP contribution in [0.1, 0.15) is 32.3 Å². The molecule has 0 amide bonds. The number of piperidine rings is 1. The molecule has 1 N–H and O–H groups in total. The highest BCUT2D eigenvalue weighted by Gasteiger charge is 2.44. The summed E-state index contributed by atoms with van der Waals surface area (Å²) in [5.41, 5.74) is 0.158. The molecule has 1 aromatic heterocycles. The minimum absolute atomic E-state index is 0.165. The van der Waals surface area contributed by atoms with Gasteiger partial charge >= 0.3 is 6.18 Å². The molecule has 8 heteroatoms. The van der Waals surface area contributed by atoms with E-state index in [1.807, 2.05) is 30.6 Å². The zero-order valence-electron chi connectivity index (χ0n) is 18.0. The Morgan fingerprint density at radius 1 is 1.00 bits per heavy atom. The normalized spacial score (nSPS) is 16.5. The smallest absolute Gasteiger partial charge is 0.371 e. The van der Waals surface area contributed by atoms with Crippen molar-refractivity contribution in [3.05, 3.63) is 66.5 Å². The number of nitrogens with zero attached hydrogens (tertiary/aromatic N) is 1. The summed E-state index contributed by atoms with van der Waals surface area (Å²) < 4.78 is 64.9. The third-order valence-electron chi connectivity index (χ3n) is 6.68. The molecule has 0 unspecified atom stereocenters. The molecule has 4 nitrogen and oxygen atoms in total. The van der Waals surface area contributed by atoms with E-state index in [2.05, 4.69) is 16.0 Å². The van der Waals surface area contributed by atoms with Crippen LogP contribution < -0.4 is 9.88 Å². The number of aromatic nitrogens is 1. The number of rotatable bonds is 4. The Bertz CT molecular complexity index is 1230. The van der Waals surface area contributed by atoms with Gasteiger partial charge in [0.05, 0.1) is 15.2 Å². The molecule has 4 rings (SSSR count). The Morgan fingerprint density at radius 3 is 2.38 bits per heavy atom. The number of halogens is 3. The SMILES string of the molecule is CC(C)(C1CCN(c2cccc3c[nH+]ccc23)CC1)S(=O)(=O)c1cccc(C(F)(F)F)c1. The maximum absolute atomic E-state index is 13.4. The Hall–Kier alpha value is -2.61. The van der Waals surface area contributed by atoms with E-state index in [1.165, 1.54) is 6.07 Å². The van der Waals surface area contributed by atoms with E-state index in [1.54, 1.807) is 13.8 Å². The lowest BCUT2D eigenvalue weighted by Crippen LogP contribution is -2.46. The lowest BCUT2D eigenvalue weighted by Gasteiger charge is -2.41. The van der Waals surface area contributed by atoms with Gasteiger partial charge in [-0.3, -0.25) is 0 Å². The largest absolute Gasteiger partial charge is 0.416 e. The summed E-state index contributed by atoms with van der Waals surface area (Å²) in [5.74, 6) is -0.165. The fourth-order valence-corrected chi connectivity index (χ4v) is 6.42. The van der Waals surface area contributed by atoms with Gasteiger partial charge in [0, 0.05) is 35.6 Å². The van der Waals surface area contributed by atoms with Crippen molar-refractivity contribution in [1.82, 2.24) is 0 Å². The summed E-state index contributed by atoms with van der Waals surface area (Å²) in [6, 6.07) is 12.2. The van der Waals surface area contributed by atoms with Crippen LogP contribution in [0, 0.1) is 5.92 Å². The van der Waals surface area contributed by atoms with E-state index in [4.69, 9.17) is 0 Å². The van der Waals surface area contributed by atoms with Crippen molar-refractivity contribution in [2.24, 2.45) is 5.92 Å². The molecule has 170 valence electrons. The Labute approximate surface area is 186 Å². The molecule has 1 aliphatic heterocycles. The monoisotopic (exact) mass is 463 g/mol. The molecular weight excluding hydrogens is 437 g/mol. The van der Waals surface area contributed by atoms with Crippen LogP contribution in [-0.4, -0.2) is 26.3 Å². The number of pyridine rings is 1. The van der Waals surface area contributed by atoms with Crippen molar-refractivity contribution in [2.45, 2.75) is 42.5 Å². The maximum Gasteiger partial charge on any atom is 0.416 e. The van der Waals surface area contributed by atoms with Gasteiger partial charge in [-0.05, 0) is 62.9 Å². The predicted molar refractivity (Wildman–Crippen MR) is 118 cm³/mol. The van der Waals surface area contributed by atoms with Crippen LogP contribution in [0.5, 0.6) is 0 Å². The van der Waals surface area contributed by atoms with E-state index in [0.29, 0.717) is 25.9 Å². The average Bonchev–Trinajstić information content (AvgIpc) is 2.78. The van der Waals surface area contributed by atoms with Gasteiger partial charge in [-0.25, -0.2) is 13.4 Å². The lowest BCUT2D eigenvalue weighted by molar-refractivity contribution is -0.375. The van der Waals surface area contributed by atoms with Crippen LogP contribution in [0.2, 0.25) is 0 Å². The molecule has 0 spiro atoms. The van der Waals surface area contributed by atoms with Gasteiger partial charge < -0.3 is 4.90 Å². The second-order valence-corrected chi connectivity index (χ2v) is 11.3. The van der Waals surface area contributed by atoms with Crippen LogP contribution in [0.3, 0.4) is 0 Å². The number of aromatic amines is 1. The molecular formula is C24H26F3N2O2S+. The fourth-order valence-electron chi connectivity index (χ4n) is 4.60. The second-order valence-electron chi connectivity index (χ2n) is 8.82. The average molecular weight is 464 g/mol. The van der Waals surface area contributed by atoms with Crippen molar-refractivity contribution >= 4 is 26.3 Å². The first kappa shape index (κ1) is 22.6. The minimum Gasteiger partial charge on any atom is -0.371 e. The van der Waals surface area contributed by atoms with Crippen LogP contribution in [0.15, 0.2) is 65.8 Å². The number of hydrogen-bond donors (Lipinski definition) is 0. The first-order valence-corrected chi connectivity index (χ1v) is 12.1. The van der Waals surface area contributed by atoms with Crippen molar-refractivity contribution in [1.29, 1.82) is 0 Å². The maximum atomic E-state index is 13.4. The standard InChI is InChI=1S/C24H25F3N2O2S/c1-23(2,32(30,31)20-7-4-6-19(15-20)24(25,26)27)18-10-13-29(14-11-18)22-8-3-5-17-16-28-12-9-21(17)22/h3-9,12,15-16,18H,10-11,13-14H2,1-2H3/p+1. The quantitative estimate of drug-likeness (QED) is 0.538. The van der Waals surface area contributed by atoms with Crippen molar-refractivity contribution in [2.75, 3.05) is 18.0 Å². The second kappa shape index (κ2) is 8.06. The van der Waals surface area contributed by atoms with Gasteiger partial charge in [-0.2, -0.15) is 13.2 Å². The number of nitrogens with one attached hydrogen (secondary N) is 1. The van der Waals surface area contributed by atoms with Crippen LogP contribution in [0.25, 0.3) is 10.8 Å². The summed E-state index contributed by atoms with van der Waals surface area (Å²) in [7, 11) is -3.96. The molecule has 1 fully saturated rings. The zero-order chi connectivity index (χ0) is 23.1. The van der Waals surface area contributed by atoms with Crippen molar-refractivity contribution < 1.29 is 26.6 Å². The molecule has 0 bridgehead atoms. The first-order valence-electron chi connectivity index (χ1n) is 10.6. The molecule has 2 heterocycles. The Morgan fingerprint density at radius 2 is 1.69 bits per heavy atom. The van der Waals surface area contributed by atoms with E-state index in [9.17, 15) is 21.6 Å². The summed E-state index contributed by atoms with van der Waals surface area (Å²) in [4.78, 5) is 5.06. The number of hydrogen-bond acceptors (Lipinski definition) is 3. The summed E-state index contributed by atoms with van der Waals surface area (Å²) in [5, 5.41) is 2.22. The molecule has 1 aliphatic rings. The highest BCUT2D eigenvalue weighted by atomic mass is 32.2. The molecule has 0 atom stereocenters. The fraction of sp³-hybridized carbons (Fsp3) is 0.375. The topological polar surface area (TPSA) is 51.5 Å². The lowest BCUT2D eigenvalue weighted by atomic mass is 9.85. The molecule has 1 saturated heterocycles. The van der Waals surface area contributed by atoms with Crippen LogP contribution in [-0.2, 0) is 16.0 Å². The Balaban J connectivity index is 1.56. The van der Waals surface area contributed by atoms with Gasteiger partial charge in [0.1, 0.15) is 0 Å². The van der Waals surface area contributed by atoms with Crippen molar-refractivity contribution in [3.8, 4) is 0 Å². The van der Waals surface area contributed by atoms with Gasteiger partial charge in [0.25, 0.3) is 0 Å². The molecule has 0 radical (unpaired) electrons. The number of H-pyrrole nitrogens is 1. The van der Waals surface area contributed by atoms with Crippen LogP contribution >= 0.6 is 0 Å². The number of fused-ring (bicyclic) bond motifs is 1. The summed E-state index contributed by atoms with van der Waals surface area (Å²) in [6.45, 7) is 4.64. The molecule has 0 saturated carbocycles. The summed E-state index contributed by atoms with van der Waals surface area (Å²) >= 11 is 0. The Kier molecular flexibility index (Phi) is 5.69. The third kappa shape index (κ3) is 3.96. The van der Waals surface area contributed by atoms with E-state index >= 15 is 0 Å². The van der Waals surface area contributed by atoms with E-state index < -0.39 is 26.3 Å². The van der Waals surface area contributed by atoms with Gasteiger partial charge in [0.15, 0.2) is 22.2 Å². The molecule has 32 heavy (non-hydrogen) atoms. The summed E-state index contributed by atoms with van der Waals surface area (Å²) in [6.07, 6.45) is 0.512. The van der Waals surface area contributed by atoms with E-state index in [-0.39, 0.29) is 10.8 Å². The first-order chi connectivity index (χ1) is 15.0. The van der Waals surface area contributed by atoms with E-state index in [0.717, 1.165) is 34.7 Å². The number of sulfone groups is 1. The van der Waals surface area contributed by atoms with Gasteiger partial charge in [0.2, 0.25) is 0 Å². The van der Waals surface area contributed by atoms with Crippen molar-refractivity contribution in [3.63, 3.8) is 0 Å². The van der Waals surface area contributed by atoms with Gasteiger partial charge in [-0.15, -0.1) is 0 Å². The third-order valence-corrected chi connectivity index (χ3v) is 9.28.